The highest BCUT2D eigenvalue weighted by Crippen LogP contribution is 2.14. The molecule has 0 spiro atoms. The number of hydrogen-bond donors (Lipinski definition) is 2. The maximum Gasteiger partial charge on any atom is 0.300 e. The smallest absolute Gasteiger partial charge is 0.300 e. The van der Waals surface area contributed by atoms with E-state index in [1.807, 2.05) is 6.07 Å². The number of carbonyl (C=O) groups is 1. The second kappa shape index (κ2) is 6.70. The molecular formula is C11H17N3O3. The minimum Gasteiger partial charge on any atom is -0.481 e. The molecule has 1 aromatic rings. The van der Waals surface area contributed by atoms with Gasteiger partial charge in [-0.05, 0) is 6.07 Å². The molecule has 0 unspecified atom stereocenters. The zero-order valence-corrected chi connectivity index (χ0v) is 9.80. The van der Waals surface area contributed by atoms with E-state index in [4.69, 9.17) is 20.4 Å². The van der Waals surface area contributed by atoms with Crippen LogP contribution in [-0.2, 0) is 9.53 Å². The highest BCUT2D eigenvalue weighted by Gasteiger charge is 2.11. The second-order valence-corrected chi connectivity index (χ2v) is 3.57. The Morgan fingerprint density at radius 2 is 2.12 bits per heavy atom. The zero-order valence-electron chi connectivity index (χ0n) is 9.80. The van der Waals surface area contributed by atoms with Crippen LogP contribution in [0.2, 0.25) is 0 Å². The van der Waals surface area contributed by atoms with E-state index in [1.165, 1.54) is 0 Å². The number of nitrogen functional groups attached to an aromatic ring is 1. The summed E-state index contributed by atoms with van der Waals surface area (Å²) in [6, 6.07) is 3.69. The lowest BCUT2D eigenvalue weighted by atomic mass is 10.3. The van der Waals surface area contributed by atoms with Gasteiger partial charge in [0.2, 0.25) is 0 Å². The summed E-state index contributed by atoms with van der Waals surface area (Å²) in [7, 11) is 0. The van der Waals surface area contributed by atoms with Crippen LogP contribution < -0.4 is 10.6 Å². The van der Waals surface area contributed by atoms with Crippen molar-refractivity contribution < 1.29 is 14.6 Å². The number of aromatic nitrogens is 1. The number of hydrogen-bond acceptors (Lipinski definition) is 5. The quantitative estimate of drug-likeness (QED) is 0.745. The molecule has 0 bridgehead atoms. The number of aliphatic carboxylic acids is 1. The summed E-state index contributed by atoms with van der Waals surface area (Å²) in [5, 5.41) is 7.42. The van der Waals surface area contributed by atoms with Gasteiger partial charge in [-0.15, -0.1) is 0 Å². The first-order valence-electron chi connectivity index (χ1n) is 5.33. The van der Waals surface area contributed by atoms with E-state index >= 15 is 0 Å². The molecule has 1 aliphatic rings. The molecule has 6 nitrogen and oxygen atoms in total. The number of morpholine rings is 1. The predicted octanol–water partition coefficient (Wildman–Crippen LogP) is 0.591. The van der Waals surface area contributed by atoms with E-state index in [2.05, 4.69) is 9.88 Å². The van der Waals surface area contributed by atoms with Crippen LogP contribution in [-0.4, -0.2) is 42.4 Å². The van der Waals surface area contributed by atoms with Crippen molar-refractivity contribution in [2.45, 2.75) is 6.92 Å². The molecule has 0 aromatic carbocycles. The largest absolute Gasteiger partial charge is 0.481 e. The molecule has 1 aromatic heterocycles. The van der Waals surface area contributed by atoms with Crippen molar-refractivity contribution in [2.75, 3.05) is 36.9 Å². The molecule has 1 aliphatic heterocycles. The minimum absolute atomic E-state index is 0.761. The van der Waals surface area contributed by atoms with Crippen molar-refractivity contribution in [1.29, 1.82) is 0 Å². The van der Waals surface area contributed by atoms with Gasteiger partial charge in [0.05, 0.1) is 13.2 Å². The number of nitrogens with zero attached hydrogens (tertiary/aromatic N) is 2. The lowest BCUT2D eigenvalue weighted by Crippen LogP contribution is -2.36. The normalized spacial score (nSPS) is 14.8. The summed E-state index contributed by atoms with van der Waals surface area (Å²) in [4.78, 5) is 15.4. The van der Waals surface area contributed by atoms with Crippen LogP contribution in [0.15, 0.2) is 18.3 Å². The molecule has 1 fully saturated rings. The number of nitrogens with two attached hydrogens (primary N) is 1. The molecule has 1 saturated heterocycles. The molecule has 0 saturated carbocycles. The Bertz CT molecular complexity index is 361. The lowest BCUT2D eigenvalue weighted by Gasteiger charge is -2.27. The Morgan fingerprint density at radius 1 is 1.53 bits per heavy atom. The maximum absolute atomic E-state index is 9.00. The van der Waals surface area contributed by atoms with Crippen LogP contribution in [0.3, 0.4) is 0 Å². The van der Waals surface area contributed by atoms with E-state index in [1.54, 1.807) is 12.3 Å². The highest BCUT2D eigenvalue weighted by molar-refractivity contribution is 5.62. The van der Waals surface area contributed by atoms with Crippen LogP contribution in [0.1, 0.15) is 6.92 Å². The van der Waals surface area contributed by atoms with E-state index < -0.39 is 5.97 Å². The van der Waals surface area contributed by atoms with Gasteiger partial charge in [0.1, 0.15) is 5.82 Å². The molecule has 2 heterocycles. The molecule has 3 N–H and O–H groups in total. The molecular weight excluding hydrogens is 222 g/mol. The van der Waals surface area contributed by atoms with Crippen LogP contribution in [0.5, 0.6) is 0 Å². The number of pyridine rings is 1. The van der Waals surface area contributed by atoms with Gasteiger partial charge in [-0.1, -0.05) is 0 Å². The third kappa shape index (κ3) is 5.17. The molecule has 6 heteroatoms. The number of carboxylic acids is 1. The van der Waals surface area contributed by atoms with E-state index in [9.17, 15) is 0 Å². The molecule has 0 aliphatic carbocycles. The Morgan fingerprint density at radius 3 is 2.65 bits per heavy atom. The van der Waals surface area contributed by atoms with Crippen molar-refractivity contribution in [2.24, 2.45) is 0 Å². The lowest BCUT2D eigenvalue weighted by molar-refractivity contribution is -0.134. The summed E-state index contributed by atoms with van der Waals surface area (Å²) in [6.45, 7) is 4.43. The Balaban J connectivity index is 0.000000317. The highest BCUT2D eigenvalue weighted by atomic mass is 16.5. The fourth-order valence-electron chi connectivity index (χ4n) is 1.40. The summed E-state index contributed by atoms with van der Waals surface area (Å²) >= 11 is 0. The Kier molecular flexibility index (Phi) is 5.22. The number of ether oxygens (including phenoxy) is 1. The third-order valence-electron chi connectivity index (χ3n) is 2.10. The van der Waals surface area contributed by atoms with Crippen molar-refractivity contribution in [3.05, 3.63) is 18.3 Å². The predicted molar refractivity (Wildman–Crippen MR) is 65.0 cm³/mol. The summed E-state index contributed by atoms with van der Waals surface area (Å²) < 4.78 is 5.25. The first kappa shape index (κ1) is 13.2. The molecule has 94 valence electrons. The average molecular weight is 239 g/mol. The average Bonchev–Trinajstić information content (AvgIpc) is 2.29. The van der Waals surface area contributed by atoms with Gasteiger partial charge >= 0.3 is 0 Å². The van der Waals surface area contributed by atoms with Crippen LogP contribution >= 0.6 is 0 Å². The van der Waals surface area contributed by atoms with Gasteiger partial charge in [0.15, 0.2) is 0 Å². The van der Waals surface area contributed by atoms with Crippen LogP contribution in [0.4, 0.5) is 11.5 Å². The molecule has 0 radical (unpaired) electrons. The zero-order chi connectivity index (χ0) is 12.7. The fourth-order valence-corrected chi connectivity index (χ4v) is 1.40. The fraction of sp³-hybridized carbons (Fsp3) is 0.455. The number of rotatable bonds is 1. The SMILES string of the molecule is CC(=O)O.Nc1ccnc(N2CCOCC2)c1. The van der Waals surface area contributed by atoms with Crippen LogP contribution in [0.25, 0.3) is 0 Å². The summed E-state index contributed by atoms with van der Waals surface area (Å²) in [5.74, 6) is 0.114. The number of carboxylic acid groups (broad SMARTS) is 1. The van der Waals surface area contributed by atoms with Crippen molar-refractivity contribution in [3.8, 4) is 0 Å². The standard InChI is InChI=1S/C9H13N3O.C2H4O2/c10-8-1-2-11-9(7-8)12-3-5-13-6-4-12;1-2(3)4/h1-2,7H,3-6H2,(H2,10,11);1H3,(H,3,4). The van der Waals surface area contributed by atoms with Gasteiger partial charge < -0.3 is 20.5 Å². The van der Waals surface area contributed by atoms with Crippen molar-refractivity contribution >= 4 is 17.5 Å². The second-order valence-electron chi connectivity index (χ2n) is 3.57. The Labute approximate surface area is 100 Å². The molecule has 0 atom stereocenters. The van der Waals surface area contributed by atoms with Crippen molar-refractivity contribution in [1.82, 2.24) is 4.98 Å². The van der Waals surface area contributed by atoms with Gasteiger partial charge in [0.25, 0.3) is 5.97 Å². The van der Waals surface area contributed by atoms with Crippen LogP contribution in [0, 0.1) is 0 Å². The van der Waals surface area contributed by atoms with Gasteiger partial charge in [0, 0.05) is 38.0 Å². The van der Waals surface area contributed by atoms with Gasteiger partial charge in [-0.3, -0.25) is 4.79 Å². The van der Waals surface area contributed by atoms with Gasteiger partial charge in [-0.25, -0.2) is 4.98 Å². The molecule has 2 rings (SSSR count). The topological polar surface area (TPSA) is 88.7 Å². The van der Waals surface area contributed by atoms with E-state index in [0.29, 0.717) is 0 Å². The summed E-state index contributed by atoms with van der Waals surface area (Å²) in [5.41, 5.74) is 6.43. The third-order valence-corrected chi connectivity index (χ3v) is 2.10. The molecule has 0 amide bonds. The van der Waals surface area contributed by atoms with E-state index in [0.717, 1.165) is 44.7 Å². The first-order chi connectivity index (χ1) is 8.09. The Hall–Kier alpha value is -1.82. The number of anilines is 2. The van der Waals surface area contributed by atoms with E-state index in [-0.39, 0.29) is 0 Å². The van der Waals surface area contributed by atoms with Gasteiger partial charge in [-0.2, -0.15) is 0 Å². The van der Waals surface area contributed by atoms with Crippen molar-refractivity contribution in [3.63, 3.8) is 0 Å². The molecule has 17 heavy (non-hydrogen) atoms. The monoisotopic (exact) mass is 239 g/mol. The maximum atomic E-state index is 9.00. The summed E-state index contributed by atoms with van der Waals surface area (Å²) in [6.07, 6.45) is 1.74. The minimum atomic E-state index is -0.833. The first-order valence-corrected chi connectivity index (χ1v) is 5.33.